The third-order valence-corrected chi connectivity index (χ3v) is 3.53. The molecular formula is C17H21NO3. The van der Waals surface area contributed by atoms with Crippen LogP contribution in [0, 0.1) is 0 Å². The van der Waals surface area contributed by atoms with Crippen molar-refractivity contribution in [3.63, 3.8) is 0 Å². The molecule has 0 saturated carbocycles. The quantitative estimate of drug-likeness (QED) is 0.750. The second-order valence-electron chi connectivity index (χ2n) is 5.17. The lowest BCUT2D eigenvalue weighted by Gasteiger charge is -2.05. The van der Waals surface area contributed by atoms with Crippen molar-refractivity contribution in [1.29, 1.82) is 0 Å². The number of aliphatic carboxylic acids is 1. The number of carboxylic acids is 1. The Morgan fingerprint density at radius 3 is 2.71 bits per heavy atom. The Morgan fingerprint density at radius 1 is 1.14 bits per heavy atom. The van der Waals surface area contributed by atoms with E-state index in [2.05, 4.69) is 17.1 Å². The van der Waals surface area contributed by atoms with Gasteiger partial charge in [-0.1, -0.05) is 18.9 Å². The van der Waals surface area contributed by atoms with Crippen LogP contribution in [0.2, 0.25) is 0 Å². The zero-order chi connectivity index (χ0) is 15.1. The number of hydrogen-bond donors (Lipinski definition) is 1. The number of pyridine rings is 1. The van der Waals surface area contributed by atoms with Gasteiger partial charge in [0.1, 0.15) is 5.75 Å². The van der Waals surface area contributed by atoms with Crippen molar-refractivity contribution in [1.82, 2.24) is 4.98 Å². The summed E-state index contributed by atoms with van der Waals surface area (Å²) in [5.74, 6) is 0.136. The average molecular weight is 287 g/mol. The Hall–Kier alpha value is -2.10. The van der Waals surface area contributed by atoms with Crippen LogP contribution in [0.4, 0.5) is 0 Å². The molecule has 0 fully saturated rings. The van der Waals surface area contributed by atoms with Gasteiger partial charge in [-0.2, -0.15) is 0 Å². The van der Waals surface area contributed by atoms with Gasteiger partial charge >= 0.3 is 5.97 Å². The summed E-state index contributed by atoms with van der Waals surface area (Å²) >= 11 is 0. The van der Waals surface area contributed by atoms with Crippen LogP contribution in [0.3, 0.4) is 0 Å². The summed E-state index contributed by atoms with van der Waals surface area (Å²) in [7, 11) is 1.66. The predicted octanol–water partition coefficient (Wildman–Crippen LogP) is 3.82. The number of aryl methyl sites for hydroxylation is 1. The predicted molar refractivity (Wildman–Crippen MR) is 82.7 cm³/mol. The van der Waals surface area contributed by atoms with Crippen molar-refractivity contribution in [3.05, 3.63) is 36.0 Å². The van der Waals surface area contributed by atoms with Gasteiger partial charge in [-0.3, -0.25) is 9.78 Å². The van der Waals surface area contributed by atoms with Crippen LogP contribution < -0.4 is 4.74 Å². The summed E-state index contributed by atoms with van der Waals surface area (Å²) in [6, 6.07) is 10.0. The number of fused-ring (bicyclic) bond motifs is 1. The molecule has 0 aliphatic carbocycles. The first-order chi connectivity index (χ1) is 10.2. The van der Waals surface area contributed by atoms with Gasteiger partial charge in [0.15, 0.2) is 0 Å². The lowest BCUT2D eigenvalue weighted by molar-refractivity contribution is -0.137. The van der Waals surface area contributed by atoms with E-state index in [1.165, 1.54) is 0 Å². The Labute approximate surface area is 124 Å². The van der Waals surface area contributed by atoms with E-state index in [1.807, 2.05) is 18.2 Å². The van der Waals surface area contributed by atoms with Crippen LogP contribution in [-0.4, -0.2) is 23.2 Å². The SMILES string of the molecule is COc1ccc2nc(CCCCCCC(=O)O)ccc2c1. The summed E-state index contributed by atoms with van der Waals surface area (Å²) in [4.78, 5) is 15.1. The minimum atomic E-state index is -0.707. The first-order valence-corrected chi connectivity index (χ1v) is 7.34. The van der Waals surface area contributed by atoms with Crippen molar-refractivity contribution in [3.8, 4) is 5.75 Å². The molecule has 1 N–H and O–H groups in total. The maximum atomic E-state index is 10.4. The molecular weight excluding hydrogens is 266 g/mol. The molecule has 2 rings (SSSR count). The van der Waals surface area contributed by atoms with Gasteiger partial charge in [-0.05, 0) is 43.5 Å². The van der Waals surface area contributed by atoms with Crippen molar-refractivity contribution >= 4 is 16.9 Å². The average Bonchev–Trinajstić information content (AvgIpc) is 2.49. The normalized spacial score (nSPS) is 10.7. The molecule has 1 heterocycles. The van der Waals surface area contributed by atoms with E-state index >= 15 is 0 Å². The van der Waals surface area contributed by atoms with Crippen LogP contribution in [0.5, 0.6) is 5.75 Å². The summed E-state index contributed by atoms with van der Waals surface area (Å²) in [6.45, 7) is 0. The number of nitrogens with zero attached hydrogens (tertiary/aromatic N) is 1. The number of aromatic nitrogens is 1. The Balaban J connectivity index is 1.84. The molecule has 0 radical (unpaired) electrons. The lowest BCUT2D eigenvalue weighted by Crippen LogP contribution is -1.95. The number of unbranched alkanes of at least 4 members (excludes halogenated alkanes) is 3. The van der Waals surface area contributed by atoms with Crippen LogP contribution in [0.1, 0.15) is 37.8 Å². The molecule has 0 spiro atoms. The van der Waals surface area contributed by atoms with Gasteiger partial charge in [0.25, 0.3) is 0 Å². The fourth-order valence-corrected chi connectivity index (χ4v) is 2.35. The highest BCUT2D eigenvalue weighted by Crippen LogP contribution is 2.20. The molecule has 0 aliphatic rings. The van der Waals surface area contributed by atoms with Crippen molar-refractivity contribution in [2.24, 2.45) is 0 Å². The highest BCUT2D eigenvalue weighted by molar-refractivity contribution is 5.80. The molecule has 0 bridgehead atoms. The third-order valence-electron chi connectivity index (χ3n) is 3.53. The first kappa shape index (κ1) is 15.3. The third kappa shape index (κ3) is 4.74. The van der Waals surface area contributed by atoms with Crippen LogP contribution in [-0.2, 0) is 11.2 Å². The van der Waals surface area contributed by atoms with Crippen LogP contribution in [0.15, 0.2) is 30.3 Å². The maximum Gasteiger partial charge on any atom is 0.303 e. The molecule has 1 aromatic carbocycles. The van der Waals surface area contributed by atoms with Crippen LogP contribution >= 0.6 is 0 Å². The molecule has 0 aliphatic heterocycles. The molecule has 112 valence electrons. The van der Waals surface area contributed by atoms with Crippen molar-refractivity contribution in [2.45, 2.75) is 38.5 Å². The monoisotopic (exact) mass is 287 g/mol. The van der Waals surface area contributed by atoms with E-state index in [4.69, 9.17) is 9.84 Å². The van der Waals surface area contributed by atoms with Gasteiger partial charge in [-0.25, -0.2) is 0 Å². The van der Waals surface area contributed by atoms with Gasteiger partial charge in [-0.15, -0.1) is 0 Å². The molecule has 0 saturated heterocycles. The first-order valence-electron chi connectivity index (χ1n) is 7.34. The topological polar surface area (TPSA) is 59.4 Å². The molecule has 2 aromatic rings. The summed E-state index contributed by atoms with van der Waals surface area (Å²) < 4.78 is 5.20. The fraction of sp³-hybridized carbons (Fsp3) is 0.412. The second kappa shape index (κ2) is 7.62. The molecule has 4 nitrogen and oxygen atoms in total. The van der Waals surface area contributed by atoms with E-state index in [0.717, 1.165) is 54.5 Å². The molecule has 0 unspecified atom stereocenters. The molecule has 4 heteroatoms. The van der Waals surface area contributed by atoms with Gasteiger partial charge in [0.2, 0.25) is 0 Å². The lowest BCUT2D eigenvalue weighted by atomic mass is 10.1. The van der Waals surface area contributed by atoms with E-state index in [-0.39, 0.29) is 6.42 Å². The Bertz CT molecular complexity index is 610. The largest absolute Gasteiger partial charge is 0.497 e. The highest BCUT2D eigenvalue weighted by Gasteiger charge is 2.01. The number of carboxylic acid groups (broad SMARTS) is 1. The standard InChI is InChI=1S/C17H21NO3/c1-21-15-10-11-16-13(12-15)8-9-14(18-16)6-4-2-3-5-7-17(19)20/h8-12H,2-7H2,1H3,(H,19,20). The minimum absolute atomic E-state index is 0.274. The summed E-state index contributed by atoms with van der Waals surface area (Å²) in [5, 5.41) is 9.65. The second-order valence-corrected chi connectivity index (χ2v) is 5.17. The van der Waals surface area contributed by atoms with Crippen molar-refractivity contribution in [2.75, 3.05) is 7.11 Å². The van der Waals surface area contributed by atoms with Gasteiger partial charge in [0.05, 0.1) is 12.6 Å². The number of ether oxygens (including phenoxy) is 1. The van der Waals surface area contributed by atoms with Gasteiger partial charge in [0, 0.05) is 17.5 Å². The van der Waals surface area contributed by atoms with E-state index in [1.54, 1.807) is 7.11 Å². The van der Waals surface area contributed by atoms with Crippen LogP contribution in [0.25, 0.3) is 10.9 Å². The summed E-state index contributed by atoms with van der Waals surface area (Å²) in [6.07, 6.45) is 5.05. The number of methoxy groups -OCH3 is 1. The highest BCUT2D eigenvalue weighted by atomic mass is 16.5. The minimum Gasteiger partial charge on any atom is -0.497 e. The molecule has 0 amide bonds. The van der Waals surface area contributed by atoms with E-state index in [9.17, 15) is 4.79 Å². The van der Waals surface area contributed by atoms with Crippen molar-refractivity contribution < 1.29 is 14.6 Å². The maximum absolute atomic E-state index is 10.4. The van der Waals surface area contributed by atoms with E-state index < -0.39 is 5.97 Å². The molecule has 21 heavy (non-hydrogen) atoms. The Morgan fingerprint density at radius 2 is 1.95 bits per heavy atom. The molecule has 0 atom stereocenters. The van der Waals surface area contributed by atoms with E-state index in [0.29, 0.717) is 0 Å². The zero-order valence-corrected chi connectivity index (χ0v) is 12.3. The smallest absolute Gasteiger partial charge is 0.303 e. The summed E-state index contributed by atoms with van der Waals surface area (Å²) in [5.41, 5.74) is 2.07. The molecule has 1 aromatic heterocycles. The number of carbonyl (C=O) groups is 1. The fourth-order valence-electron chi connectivity index (χ4n) is 2.35. The zero-order valence-electron chi connectivity index (χ0n) is 12.3. The number of rotatable bonds is 8. The van der Waals surface area contributed by atoms with Gasteiger partial charge < -0.3 is 9.84 Å². The number of hydrogen-bond acceptors (Lipinski definition) is 3. The Kier molecular flexibility index (Phi) is 5.55. The number of benzene rings is 1.